The average molecular weight is 368 g/mol. The predicted octanol–water partition coefficient (Wildman–Crippen LogP) is 4.17. The van der Waals surface area contributed by atoms with Crippen molar-refractivity contribution in [3.05, 3.63) is 102 Å². The highest BCUT2D eigenvalue weighted by Crippen LogP contribution is 2.24. The van der Waals surface area contributed by atoms with Crippen molar-refractivity contribution >= 4 is 5.91 Å². The number of aryl methyl sites for hydroxylation is 1. The molecule has 0 spiro atoms. The van der Waals surface area contributed by atoms with Gasteiger partial charge in [0.1, 0.15) is 5.69 Å². The molecule has 4 rings (SSSR count). The van der Waals surface area contributed by atoms with Crippen molar-refractivity contribution in [2.24, 2.45) is 0 Å². The topological polar surface area (TPSA) is 59.8 Å². The maximum atomic E-state index is 12.9. The van der Waals surface area contributed by atoms with E-state index in [1.54, 1.807) is 23.3 Å². The van der Waals surface area contributed by atoms with E-state index in [1.165, 1.54) is 0 Å². The van der Waals surface area contributed by atoms with Gasteiger partial charge in [0.15, 0.2) is 0 Å². The first-order valence-corrected chi connectivity index (χ1v) is 9.10. The number of amides is 1. The van der Waals surface area contributed by atoms with E-state index in [0.29, 0.717) is 17.8 Å². The molecule has 1 N–H and O–H groups in total. The van der Waals surface area contributed by atoms with Crippen LogP contribution in [0.1, 0.15) is 21.5 Å². The number of carbonyl (C=O) groups excluding carboxylic acids is 1. The molecule has 2 aromatic heterocycles. The van der Waals surface area contributed by atoms with Crippen LogP contribution in [0.5, 0.6) is 0 Å². The molecule has 0 unspecified atom stereocenters. The van der Waals surface area contributed by atoms with Crippen LogP contribution in [-0.2, 0) is 6.54 Å². The van der Waals surface area contributed by atoms with E-state index >= 15 is 0 Å². The number of nitrogens with zero attached hydrogens (tertiary/aromatic N) is 3. The monoisotopic (exact) mass is 368 g/mol. The van der Waals surface area contributed by atoms with Gasteiger partial charge in [-0.3, -0.25) is 9.78 Å². The Morgan fingerprint density at radius 3 is 2.39 bits per heavy atom. The molecule has 138 valence electrons. The number of para-hydroxylation sites is 1. The van der Waals surface area contributed by atoms with E-state index in [1.807, 2.05) is 73.7 Å². The average Bonchev–Trinajstić information content (AvgIpc) is 3.19. The largest absolute Gasteiger partial charge is 0.348 e. The van der Waals surface area contributed by atoms with E-state index in [4.69, 9.17) is 5.10 Å². The summed E-state index contributed by atoms with van der Waals surface area (Å²) in [4.78, 5) is 16.9. The molecule has 0 bridgehead atoms. The van der Waals surface area contributed by atoms with Gasteiger partial charge in [-0.05, 0) is 36.8 Å². The third-order valence-electron chi connectivity index (χ3n) is 4.51. The highest BCUT2D eigenvalue weighted by atomic mass is 16.1. The summed E-state index contributed by atoms with van der Waals surface area (Å²) >= 11 is 0. The molecule has 28 heavy (non-hydrogen) atoms. The van der Waals surface area contributed by atoms with Crippen molar-refractivity contribution in [2.75, 3.05) is 0 Å². The lowest BCUT2D eigenvalue weighted by atomic mass is 10.1. The van der Waals surface area contributed by atoms with Crippen molar-refractivity contribution in [3.63, 3.8) is 0 Å². The molecule has 0 aliphatic heterocycles. The molecule has 0 fully saturated rings. The molecule has 5 heteroatoms. The van der Waals surface area contributed by atoms with Crippen LogP contribution in [0.3, 0.4) is 0 Å². The lowest BCUT2D eigenvalue weighted by Gasteiger charge is -2.06. The van der Waals surface area contributed by atoms with Crippen LogP contribution < -0.4 is 5.32 Å². The third-order valence-corrected chi connectivity index (χ3v) is 4.51. The van der Waals surface area contributed by atoms with E-state index < -0.39 is 0 Å². The molecule has 5 nitrogen and oxygen atoms in total. The van der Waals surface area contributed by atoms with Gasteiger partial charge in [-0.1, -0.05) is 48.0 Å². The van der Waals surface area contributed by atoms with Gasteiger partial charge in [0, 0.05) is 30.7 Å². The minimum Gasteiger partial charge on any atom is -0.348 e. The van der Waals surface area contributed by atoms with E-state index in [9.17, 15) is 4.79 Å². The Labute approximate surface area is 163 Å². The number of pyridine rings is 1. The number of benzene rings is 2. The van der Waals surface area contributed by atoms with Gasteiger partial charge < -0.3 is 5.32 Å². The van der Waals surface area contributed by atoms with Gasteiger partial charge in [0.25, 0.3) is 5.91 Å². The first-order valence-electron chi connectivity index (χ1n) is 9.10. The summed E-state index contributed by atoms with van der Waals surface area (Å²) < 4.78 is 1.75. The fraction of sp³-hybridized carbons (Fsp3) is 0.0870. The summed E-state index contributed by atoms with van der Waals surface area (Å²) in [6, 6.07) is 21.6. The number of rotatable bonds is 5. The lowest BCUT2D eigenvalue weighted by Crippen LogP contribution is -2.23. The van der Waals surface area contributed by atoms with E-state index in [-0.39, 0.29) is 5.91 Å². The van der Waals surface area contributed by atoms with Crippen LogP contribution in [0.2, 0.25) is 0 Å². The Hall–Kier alpha value is -3.73. The summed E-state index contributed by atoms with van der Waals surface area (Å²) in [5.74, 6) is -0.158. The second-order valence-corrected chi connectivity index (χ2v) is 6.58. The van der Waals surface area contributed by atoms with Gasteiger partial charge in [0.05, 0.1) is 11.3 Å². The number of carbonyl (C=O) groups is 1. The minimum atomic E-state index is -0.158. The van der Waals surface area contributed by atoms with Crippen molar-refractivity contribution in [2.45, 2.75) is 13.5 Å². The fourth-order valence-corrected chi connectivity index (χ4v) is 2.96. The summed E-state index contributed by atoms with van der Waals surface area (Å²) in [6.45, 7) is 2.47. The maximum Gasteiger partial charge on any atom is 0.255 e. The number of hydrogen-bond acceptors (Lipinski definition) is 3. The highest BCUT2D eigenvalue weighted by molar-refractivity contribution is 5.99. The molecule has 0 aliphatic carbocycles. The molecule has 0 radical (unpaired) electrons. The molecule has 2 heterocycles. The minimum absolute atomic E-state index is 0.158. The molecule has 1 amide bonds. The molecule has 2 aromatic carbocycles. The van der Waals surface area contributed by atoms with E-state index in [0.717, 1.165) is 22.4 Å². The molecule has 4 aromatic rings. The predicted molar refractivity (Wildman–Crippen MR) is 109 cm³/mol. The molecular formula is C23H20N4O. The summed E-state index contributed by atoms with van der Waals surface area (Å²) in [5.41, 5.74) is 5.18. The second-order valence-electron chi connectivity index (χ2n) is 6.58. The second kappa shape index (κ2) is 7.88. The van der Waals surface area contributed by atoms with Gasteiger partial charge in [-0.25, -0.2) is 4.68 Å². The zero-order chi connectivity index (χ0) is 19.3. The Balaban J connectivity index is 1.68. The molecule has 0 saturated carbocycles. The normalized spacial score (nSPS) is 10.6. The van der Waals surface area contributed by atoms with E-state index in [2.05, 4.69) is 10.3 Å². The Bertz CT molecular complexity index is 1070. The van der Waals surface area contributed by atoms with Crippen LogP contribution in [0, 0.1) is 6.92 Å². The van der Waals surface area contributed by atoms with Crippen LogP contribution in [-0.4, -0.2) is 20.7 Å². The third kappa shape index (κ3) is 3.83. The van der Waals surface area contributed by atoms with Gasteiger partial charge in [0.2, 0.25) is 0 Å². The standard InChI is InChI=1S/C23H20N4O/c1-17-7-9-19(10-8-17)22-21(16-27(26-22)20-5-3-2-4-6-20)23(28)25-15-18-11-13-24-14-12-18/h2-14,16H,15H2,1H3,(H,25,28). The molecule has 0 atom stereocenters. The lowest BCUT2D eigenvalue weighted by molar-refractivity contribution is 0.0951. The highest BCUT2D eigenvalue weighted by Gasteiger charge is 2.18. The van der Waals surface area contributed by atoms with Crippen molar-refractivity contribution in [3.8, 4) is 16.9 Å². The first kappa shape index (κ1) is 17.7. The van der Waals surface area contributed by atoms with Gasteiger partial charge in [-0.15, -0.1) is 0 Å². The molecule has 0 aliphatic rings. The molecular weight excluding hydrogens is 348 g/mol. The first-order chi connectivity index (χ1) is 13.7. The van der Waals surface area contributed by atoms with Crippen molar-refractivity contribution < 1.29 is 4.79 Å². The Morgan fingerprint density at radius 1 is 0.964 bits per heavy atom. The smallest absolute Gasteiger partial charge is 0.255 e. The molecule has 0 saturated heterocycles. The summed E-state index contributed by atoms with van der Waals surface area (Å²) in [6.07, 6.45) is 5.21. The number of nitrogens with one attached hydrogen (secondary N) is 1. The Kier molecular flexibility index (Phi) is 4.97. The maximum absolute atomic E-state index is 12.9. The zero-order valence-electron chi connectivity index (χ0n) is 15.5. The summed E-state index contributed by atoms with van der Waals surface area (Å²) in [7, 11) is 0. The van der Waals surface area contributed by atoms with Gasteiger partial charge in [-0.2, -0.15) is 5.10 Å². The zero-order valence-corrected chi connectivity index (χ0v) is 15.5. The summed E-state index contributed by atoms with van der Waals surface area (Å²) in [5, 5.41) is 7.68. The SMILES string of the molecule is Cc1ccc(-c2nn(-c3ccccc3)cc2C(=O)NCc2ccncc2)cc1. The van der Waals surface area contributed by atoms with Crippen molar-refractivity contribution in [1.82, 2.24) is 20.1 Å². The van der Waals surface area contributed by atoms with Crippen LogP contribution in [0.25, 0.3) is 16.9 Å². The van der Waals surface area contributed by atoms with Gasteiger partial charge >= 0.3 is 0 Å². The van der Waals surface area contributed by atoms with Crippen LogP contribution >= 0.6 is 0 Å². The number of aromatic nitrogens is 3. The number of hydrogen-bond donors (Lipinski definition) is 1. The quantitative estimate of drug-likeness (QED) is 0.575. The van der Waals surface area contributed by atoms with Crippen molar-refractivity contribution in [1.29, 1.82) is 0 Å². The van der Waals surface area contributed by atoms with Crippen LogP contribution in [0.4, 0.5) is 0 Å². The van der Waals surface area contributed by atoms with Crippen LogP contribution in [0.15, 0.2) is 85.3 Å². The Morgan fingerprint density at radius 2 is 1.68 bits per heavy atom. The fourth-order valence-electron chi connectivity index (χ4n) is 2.96.